The molecule has 1 aliphatic rings. The van der Waals surface area contributed by atoms with Gasteiger partial charge in [-0.1, -0.05) is 24.8 Å². The van der Waals surface area contributed by atoms with Gasteiger partial charge < -0.3 is 30.2 Å². The van der Waals surface area contributed by atoms with E-state index >= 15 is 0 Å². The molecule has 1 heterocycles. The van der Waals surface area contributed by atoms with Gasteiger partial charge in [-0.2, -0.15) is 0 Å². The van der Waals surface area contributed by atoms with Gasteiger partial charge in [-0.25, -0.2) is 4.79 Å². The number of benzene rings is 2. The van der Waals surface area contributed by atoms with Crippen molar-refractivity contribution >= 4 is 57.5 Å². The smallest absolute Gasteiger partial charge is 0.339 e. The van der Waals surface area contributed by atoms with Crippen LogP contribution in [0.3, 0.4) is 0 Å². The van der Waals surface area contributed by atoms with Crippen molar-refractivity contribution < 1.29 is 23.8 Å². The number of ether oxygens (including phenoxy) is 3. The van der Waals surface area contributed by atoms with E-state index in [2.05, 4.69) is 45.1 Å². The van der Waals surface area contributed by atoms with Crippen LogP contribution in [0.4, 0.5) is 5.69 Å². The highest BCUT2D eigenvalue weighted by atomic mass is 127. The molecule has 0 saturated carbocycles. The molecule has 0 aliphatic carbocycles. The minimum absolute atomic E-state index is 0.250. The first-order chi connectivity index (χ1) is 16.3. The van der Waals surface area contributed by atoms with Crippen molar-refractivity contribution in [2.45, 2.75) is 13.0 Å². The Labute approximate surface area is 216 Å². The van der Waals surface area contributed by atoms with E-state index in [1.807, 2.05) is 6.07 Å². The molecule has 3 rings (SSSR count). The molecule has 2 aromatic carbocycles. The molecule has 0 unspecified atom stereocenters. The lowest BCUT2D eigenvalue weighted by atomic mass is 9.94. The predicted molar refractivity (Wildman–Crippen MR) is 142 cm³/mol. The second-order valence-electron chi connectivity index (χ2n) is 7.20. The van der Waals surface area contributed by atoms with Crippen molar-refractivity contribution in [2.24, 2.45) is 0 Å². The summed E-state index contributed by atoms with van der Waals surface area (Å²) < 4.78 is 16.9. The molecule has 3 N–H and O–H groups in total. The van der Waals surface area contributed by atoms with Gasteiger partial charge in [0.15, 0.2) is 16.6 Å². The molecule has 1 atom stereocenters. The number of nitrogens with one attached hydrogen (secondary N) is 3. The fourth-order valence-electron chi connectivity index (χ4n) is 3.50. The molecule has 8 nitrogen and oxygen atoms in total. The van der Waals surface area contributed by atoms with E-state index in [0.717, 1.165) is 9.13 Å². The second kappa shape index (κ2) is 11.3. The van der Waals surface area contributed by atoms with Crippen LogP contribution in [-0.4, -0.2) is 37.8 Å². The standard InChI is InChI=1S/C24H24IN3O5S/c1-5-10-33-21-16(25)11-14(12-18(21)31-3)20-19(13(2)26-24(34)28-20)22(29)27-17-9-7-6-8-15(17)23(30)32-4/h5-9,11-12,20H,1,10H2,2-4H3,(H,27,29)(H2,26,28,34)/t20-/m1/s1. The van der Waals surface area contributed by atoms with Crippen LogP contribution in [0.15, 0.2) is 60.3 Å². The molecule has 34 heavy (non-hydrogen) atoms. The number of thiocarbonyl (C=S) groups is 1. The molecule has 0 bridgehead atoms. The van der Waals surface area contributed by atoms with Crippen LogP contribution in [0.5, 0.6) is 11.5 Å². The number of allylic oxidation sites excluding steroid dienone is 1. The SMILES string of the molecule is C=CCOc1c(I)cc([C@H]2NC(=S)NC(C)=C2C(=O)Nc2ccccc2C(=O)OC)cc1OC. The summed E-state index contributed by atoms with van der Waals surface area (Å²) in [6.45, 7) is 5.77. The number of carbonyl (C=O) groups excluding carboxylic acids is 2. The molecule has 0 spiro atoms. The van der Waals surface area contributed by atoms with Crippen molar-refractivity contribution in [3.05, 3.63) is 75.0 Å². The number of methoxy groups -OCH3 is 2. The highest BCUT2D eigenvalue weighted by Crippen LogP contribution is 2.38. The van der Waals surface area contributed by atoms with Gasteiger partial charge in [-0.05, 0) is 71.6 Å². The van der Waals surface area contributed by atoms with Gasteiger partial charge in [0.2, 0.25) is 0 Å². The quantitative estimate of drug-likeness (QED) is 0.183. The van der Waals surface area contributed by atoms with E-state index in [0.29, 0.717) is 40.2 Å². The van der Waals surface area contributed by atoms with Crippen LogP contribution in [-0.2, 0) is 9.53 Å². The minimum atomic E-state index is -0.574. The summed E-state index contributed by atoms with van der Waals surface area (Å²) >= 11 is 7.52. The number of esters is 1. The Bertz CT molecular complexity index is 1180. The van der Waals surface area contributed by atoms with Crippen LogP contribution >= 0.6 is 34.8 Å². The van der Waals surface area contributed by atoms with Gasteiger partial charge in [0.05, 0.1) is 40.7 Å². The van der Waals surface area contributed by atoms with Crippen LogP contribution in [0, 0.1) is 3.57 Å². The second-order valence-corrected chi connectivity index (χ2v) is 8.77. The third kappa shape index (κ3) is 5.50. The first-order valence-corrected chi connectivity index (χ1v) is 11.7. The lowest BCUT2D eigenvalue weighted by Gasteiger charge is -2.31. The number of amides is 1. The first kappa shape index (κ1) is 25.5. The molecule has 178 valence electrons. The van der Waals surface area contributed by atoms with E-state index in [4.69, 9.17) is 26.4 Å². The number of hydrogen-bond donors (Lipinski definition) is 3. The molecule has 0 saturated heterocycles. The van der Waals surface area contributed by atoms with Crippen LogP contribution in [0.1, 0.15) is 28.9 Å². The summed E-state index contributed by atoms with van der Waals surface area (Å²) in [6.07, 6.45) is 1.65. The summed E-state index contributed by atoms with van der Waals surface area (Å²) in [5.41, 5.74) is 2.34. The maximum absolute atomic E-state index is 13.5. The number of hydrogen-bond acceptors (Lipinski definition) is 6. The lowest BCUT2D eigenvalue weighted by Crippen LogP contribution is -2.45. The highest BCUT2D eigenvalue weighted by Gasteiger charge is 2.31. The largest absolute Gasteiger partial charge is 0.493 e. The highest BCUT2D eigenvalue weighted by molar-refractivity contribution is 14.1. The first-order valence-electron chi connectivity index (χ1n) is 10.2. The van der Waals surface area contributed by atoms with Crippen molar-refractivity contribution in [3.63, 3.8) is 0 Å². The number of carbonyl (C=O) groups is 2. The van der Waals surface area contributed by atoms with E-state index in [9.17, 15) is 9.59 Å². The fraction of sp³-hybridized carbons (Fsp3) is 0.208. The summed E-state index contributed by atoms with van der Waals surface area (Å²) in [4.78, 5) is 25.6. The third-order valence-electron chi connectivity index (χ3n) is 5.02. The molecule has 1 aliphatic heterocycles. The van der Waals surface area contributed by atoms with Crippen molar-refractivity contribution in [1.29, 1.82) is 0 Å². The molecule has 0 fully saturated rings. The molecule has 10 heteroatoms. The van der Waals surface area contributed by atoms with E-state index in [-0.39, 0.29) is 5.56 Å². The van der Waals surface area contributed by atoms with Gasteiger partial charge in [0.1, 0.15) is 6.61 Å². The number of halogens is 1. The van der Waals surface area contributed by atoms with Crippen LogP contribution in [0.2, 0.25) is 0 Å². The number of rotatable bonds is 8. The average molecular weight is 593 g/mol. The zero-order chi connectivity index (χ0) is 24.8. The maximum atomic E-state index is 13.5. The molecule has 1 amide bonds. The zero-order valence-electron chi connectivity index (χ0n) is 18.9. The number of para-hydroxylation sites is 1. The lowest BCUT2D eigenvalue weighted by molar-refractivity contribution is -0.113. The van der Waals surface area contributed by atoms with Gasteiger partial charge in [0.25, 0.3) is 5.91 Å². The Hall–Kier alpha value is -3.12. The monoisotopic (exact) mass is 593 g/mol. The van der Waals surface area contributed by atoms with Crippen molar-refractivity contribution in [3.8, 4) is 11.5 Å². The van der Waals surface area contributed by atoms with E-state index in [1.165, 1.54) is 7.11 Å². The zero-order valence-corrected chi connectivity index (χ0v) is 21.8. The molecule has 2 aromatic rings. The topological polar surface area (TPSA) is 97.9 Å². The summed E-state index contributed by atoms with van der Waals surface area (Å²) in [7, 11) is 2.84. The predicted octanol–water partition coefficient (Wildman–Crippen LogP) is 4.08. The van der Waals surface area contributed by atoms with Gasteiger partial charge in [-0.3, -0.25) is 4.79 Å². The summed E-state index contributed by atoms with van der Waals surface area (Å²) in [6, 6.07) is 9.77. The minimum Gasteiger partial charge on any atom is -0.493 e. The van der Waals surface area contributed by atoms with Gasteiger partial charge in [0, 0.05) is 5.70 Å². The Kier molecular flexibility index (Phi) is 8.51. The van der Waals surface area contributed by atoms with E-state index in [1.54, 1.807) is 50.4 Å². The average Bonchev–Trinajstić information content (AvgIpc) is 2.82. The Morgan fingerprint density at radius 2 is 2.00 bits per heavy atom. The molecular weight excluding hydrogens is 569 g/mol. The van der Waals surface area contributed by atoms with Gasteiger partial charge in [-0.15, -0.1) is 0 Å². The molecule has 0 radical (unpaired) electrons. The summed E-state index contributed by atoms with van der Waals surface area (Å²) in [5.74, 6) is 0.154. The Balaban J connectivity index is 2.02. The number of anilines is 1. The molecular formula is C24H24IN3O5S. The maximum Gasteiger partial charge on any atom is 0.339 e. The normalized spacial score (nSPS) is 15.1. The van der Waals surface area contributed by atoms with Crippen LogP contribution < -0.4 is 25.4 Å². The third-order valence-corrected chi connectivity index (χ3v) is 6.05. The Morgan fingerprint density at radius 3 is 2.68 bits per heavy atom. The van der Waals surface area contributed by atoms with Gasteiger partial charge >= 0.3 is 5.97 Å². The van der Waals surface area contributed by atoms with Crippen LogP contribution in [0.25, 0.3) is 0 Å². The molecule has 0 aromatic heterocycles. The Morgan fingerprint density at radius 1 is 1.26 bits per heavy atom. The van der Waals surface area contributed by atoms with Crippen molar-refractivity contribution in [2.75, 3.05) is 26.1 Å². The fourth-order valence-corrected chi connectivity index (χ4v) is 4.56. The van der Waals surface area contributed by atoms with Crippen molar-refractivity contribution in [1.82, 2.24) is 10.6 Å². The summed E-state index contributed by atoms with van der Waals surface area (Å²) in [5, 5.41) is 9.39. The van der Waals surface area contributed by atoms with E-state index < -0.39 is 17.9 Å².